The monoisotopic (exact) mass is 2160 g/mol. The fourth-order valence-electron chi connectivity index (χ4n) is 17.6. The minimum absolute atomic E-state index is 0.00407. The summed E-state index contributed by atoms with van der Waals surface area (Å²) in [5, 5.41) is 44.6. The zero-order chi connectivity index (χ0) is 106. The predicted molar refractivity (Wildman–Crippen MR) is 544 cm³/mol. The lowest BCUT2D eigenvalue weighted by Gasteiger charge is -2.51. The van der Waals surface area contributed by atoms with Gasteiger partial charge in [-0.25, -0.2) is 64.1 Å². The van der Waals surface area contributed by atoms with Crippen molar-refractivity contribution in [2.24, 2.45) is 20.0 Å². The highest BCUT2D eigenvalue weighted by Crippen LogP contribution is 2.38. The lowest BCUT2D eigenvalue weighted by Crippen LogP contribution is -2.72. The summed E-state index contributed by atoms with van der Waals surface area (Å²) < 4.78 is 161. The Balaban J connectivity index is 0.000000155. The molecule has 774 valence electrons. The molecule has 3 fully saturated rings. The number of hydroxylamine groups is 1. The van der Waals surface area contributed by atoms with Crippen LogP contribution in [0.3, 0.4) is 0 Å². The molecule has 5 heterocycles. The summed E-state index contributed by atoms with van der Waals surface area (Å²) in [4.78, 5) is 118. The highest BCUT2D eigenvalue weighted by molar-refractivity contribution is 14.1. The second-order valence-electron chi connectivity index (χ2n) is 36.9. The van der Waals surface area contributed by atoms with E-state index in [1.54, 1.807) is 144 Å². The molecule has 0 radical (unpaired) electrons. The smallest absolute Gasteiger partial charge is 0.336 e. The fraction of sp³-hybridized carbons (Fsp3) is 0.327. The van der Waals surface area contributed by atoms with E-state index in [-0.39, 0.29) is 187 Å². The summed E-state index contributed by atoms with van der Waals surface area (Å²) in [5.41, 5.74) is 7.88. The highest BCUT2D eigenvalue weighted by Gasteiger charge is 2.50. The van der Waals surface area contributed by atoms with E-state index in [1.807, 2.05) is 47.1 Å². The maximum Gasteiger partial charge on any atom is 0.336 e. The van der Waals surface area contributed by atoms with E-state index >= 15 is 8.78 Å². The summed E-state index contributed by atoms with van der Waals surface area (Å²) >= 11 is 8.21. The number of aromatic nitrogens is 6. The van der Waals surface area contributed by atoms with Crippen LogP contribution in [0.2, 0.25) is 5.02 Å². The second-order valence-corrected chi connectivity index (χ2v) is 38.5. The van der Waals surface area contributed by atoms with Gasteiger partial charge < -0.3 is 54.6 Å². The lowest BCUT2D eigenvalue weighted by molar-refractivity contribution is -0.116. The van der Waals surface area contributed by atoms with Crippen molar-refractivity contribution in [1.29, 1.82) is 0 Å². The third-order valence-electron chi connectivity index (χ3n) is 25.8. The average Bonchev–Trinajstić information content (AvgIpc) is 1.71. The first-order valence-corrected chi connectivity index (χ1v) is 48.9. The third-order valence-corrected chi connectivity index (χ3v) is 26.8. The zero-order valence-electron chi connectivity index (χ0n) is 82.2. The number of hydrogen-bond acceptors (Lipinski definition) is 19. The van der Waals surface area contributed by atoms with Gasteiger partial charge in [0.05, 0.1) is 103 Å². The molecule has 10 aromatic carbocycles. The fourth-order valence-corrected chi connectivity index (χ4v) is 18.4. The number of piperidine rings is 1. The second kappa shape index (κ2) is 49.2. The van der Waals surface area contributed by atoms with Crippen LogP contribution in [0.15, 0.2) is 174 Å². The van der Waals surface area contributed by atoms with Gasteiger partial charge in [0, 0.05) is 105 Å². The van der Waals surface area contributed by atoms with Gasteiger partial charge in [-0.15, -0.1) is 0 Å². The number of amides is 2. The number of imidazole rings is 2. The molecule has 3 aromatic heterocycles. The molecule has 2 amide bonds. The van der Waals surface area contributed by atoms with Gasteiger partial charge >= 0.3 is 5.69 Å². The number of aryl methyl sites for hydroxylation is 6. The number of carbonyl (C=O) groups excluding carboxylic acids is 6. The van der Waals surface area contributed by atoms with Gasteiger partial charge in [-0.2, -0.15) is 0 Å². The average molecular weight is 2160 g/mol. The number of aliphatic hydroxyl groups is 4. The molecule has 2 aliphatic carbocycles. The van der Waals surface area contributed by atoms with E-state index in [2.05, 4.69) is 20.6 Å². The Bertz CT molecular complexity index is 7330. The van der Waals surface area contributed by atoms with E-state index in [0.717, 1.165) is 84.7 Å². The standard InChI is InChI=1S/C30H29FN2O4.C23H25F3N2O2.C20H20ClFN2O3.C20H20F2N2O3.C17H16F3IN2O3/c1-16-8-9-21(25(31)12-16)15-24-18(3)28(35)19(4)27-26(24)29(36)33(22-10-11-22)30(37)32(27)23-7-5-6-20(14-23)13-17(2)34;1-14-5-6-15(19(25)10-14)11-17-16(7-8-18(24)21(17)26)22(29)28-12-23(30,13-28)20-4-2-3-9-27-20;2*1-12-3-4-13(16(21)7-12)8-15-14(18(26)10-27-6-5-25)9-17-20(19(15)22)23-11-24(17)2;1-2-10(24)8-26-23-17(25)11-4-5-12(18)15(20)16(11)22-14-6-3-9(21)7-13(14)19/h5-9,12,14,18,22H,10-11,13,15H2,1-4H3;5-8,10,20,27,30H,2-4,9,11-13H2,1H3;2*3-4,7,9,11,25H,5-6,8,10H2,1-2H3;3-7,10,22,24H,2,8H2,1H3,(H,23,25)/t;;;;10-/m....1/s1. The van der Waals surface area contributed by atoms with Crippen LogP contribution < -0.4 is 37.9 Å². The van der Waals surface area contributed by atoms with Crippen LogP contribution >= 0.6 is 34.2 Å². The van der Waals surface area contributed by atoms with Gasteiger partial charge in [-0.3, -0.25) is 47.5 Å². The van der Waals surface area contributed by atoms with Crippen LogP contribution in [0, 0.1) is 95.4 Å². The van der Waals surface area contributed by atoms with Crippen molar-refractivity contribution in [1.82, 2.24) is 43.9 Å². The Hall–Kier alpha value is -13.0. The first kappa shape index (κ1) is 111. The predicted octanol–water partition coefficient (Wildman–Crippen LogP) is 16.3. The van der Waals surface area contributed by atoms with Crippen LogP contribution in [0.5, 0.6) is 0 Å². The van der Waals surface area contributed by atoms with E-state index < -0.39 is 110 Å². The Kier molecular flexibility index (Phi) is 37.2. The molecular weight excluding hydrogens is 2050 g/mol. The van der Waals surface area contributed by atoms with Gasteiger partial charge in [0.25, 0.3) is 17.4 Å². The number of ketones is 4. The van der Waals surface area contributed by atoms with E-state index in [1.165, 1.54) is 76.1 Å². The van der Waals surface area contributed by atoms with Crippen LogP contribution in [0.25, 0.3) is 38.9 Å². The van der Waals surface area contributed by atoms with E-state index in [9.17, 15) is 83.7 Å². The first-order chi connectivity index (χ1) is 70.0. The van der Waals surface area contributed by atoms with Crippen LogP contribution in [0.4, 0.5) is 55.3 Å². The molecule has 2 saturated heterocycles. The number of aliphatic hydroxyl groups excluding tert-OH is 3. The molecular formula is C110H110ClF10IN10O15. The lowest BCUT2D eigenvalue weighted by atomic mass is 9.81. The minimum Gasteiger partial charge on any atom is -0.394 e. The van der Waals surface area contributed by atoms with Crippen molar-refractivity contribution in [3.63, 3.8) is 0 Å². The first-order valence-electron chi connectivity index (χ1n) is 47.5. The third kappa shape index (κ3) is 26.2. The Morgan fingerprint density at radius 1 is 0.592 bits per heavy atom. The molecule has 7 N–H and O–H groups in total. The van der Waals surface area contributed by atoms with E-state index in [0.29, 0.717) is 64.8 Å². The van der Waals surface area contributed by atoms with Gasteiger partial charge in [-0.05, 0) is 256 Å². The summed E-state index contributed by atoms with van der Waals surface area (Å²) in [7, 11) is 3.44. The molecule has 147 heavy (non-hydrogen) atoms. The van der Waals surface area contributed by atoms with Crippen molar-refractivity contribution in [2.45, 2.75) is 150 Å². The van der Waals surface area contributed by atoms with Gasteiger partial charge in [0.1, 0.15) is 65.5 Å². The Morgan fingerprint density at radius 3 is 1.61 bits per heavy atom. The molecule has 13 aromatic rings. The van der Waals surface area contributed by atoms with Crippen molar-refractivity contribution < 1.29 is 107 Å². The number of benzene rings is 10. The summed E-state index contributed by atoms with van der Waals surface area (Å²) in [6, 6.07) is 37.7. The molecule has 4 aliphatic rings. The number of carbonyl (C=O) groups is 6. The molecule has 17 rings (SSSR count). The zero-order valence-corrected chi connectivity index (χ0v) is 85.1. The normalized spacial score (nSPS) is 14.8. The number of ether oxygens (including phenoxy) is 2. The molecule has 1 saturated carbocycles. The molecule has 37 heteroatoms. The van der Waals surface area contributed by atoms with Crippen molar-refractivity contribution in [3.05, 3.63) is 351 Å². The number of fused-ring (bicyclic) bond motifs is 3. The van der Waals surface area contributed by atoms with E-state index in [4.69, 9.17) is 36.1 Å². The largest absolute Gasteiger partial charge is 0.394 e. The number of hydrogen-bond donors (Lipinski definition) is 7. The number of rotatable bonds is 31. The number of halogens is 12. The van der Waals surface area contributed by atoms with Crippen molar-refractivity contribution >= 4 is 114 Å². The maximum absolute atomic E-state index is 15.2. The van der Waals surface area contributed by atoms with Gasteiger partial charge in [0.2, 0.25) is 0 Å². The Labute approximate surface area is 858 Å². The SMILES string of the molecule is CC(=O)Cc1cccc(-n2c3c(c(=O)n(C4CC4)c2=O)=C(Cc2ccc(C)cc2F)C(C)C(=O)C=3C)c1.CC[C@@H](O)CONC(=O)c1ccc(F)c(F)c1Nc1ccc(I)cc1F.Cc1ccc(Cc2c(C(=O)COCCO)cc3c(ncn3C)c2F)c(Cl)c1.Cc1ccc(Cc2c(C(=O)COCCO)cc3c(ncn3C)c2F)c(F)c1.Cc1ccc(Cc2c(C(=O)N3CC(O)(C4CCCCN4)C3)ccc(F)c2F)c(F)c1. The molecule has 25 nitrogen and oxygen atoms in total. The van der Waals surface area contributed by atoms with Crippen LogP contribution in [-0.4, -0.2) is 172 Å². The summed E-state index contributed by atoms with van der Waals surface area (Å²) in [5.74, 6) is -11.0. The van der Waals surface area contributed by atoms with Crippen LogP contribution in [-0.2, 0) is 70.1 Å². The van der Waals surface area contributed by atoms with Gasteiger partial charge in [-0.1, -0.05) is 92.5 Å². The molecule has 0 bridgehead atoms. The van der Waals surface area contributed by atoms with Crippen molar-refractivity contribution in [3.8, 4) is 5.69 Å². The molecule has 2 aliphatic heterocycles. The molecule has 2 unspecified atom stereocenters. The summed E-state index contributed by atoms with van der Waals surface area (Å²) in [6.07, 6.45) is 7.09. The van der Waals surface area contributed by atoms with Gasteiger partial charge in [0.15, 0.2) is 52.3 Å². The molecule has 0 spiro atoms. The molecule has 3 atom stereocenters. The Morgan fingerprint density at radius 2 is 1.11 bits per heavy atom. The van der Waals surface area contributed by atoms with Crippen molar-refractivity contribution in [2.75, 3.05) is 71.2 Å². The van der Waals surface area contributed by atoms with Crippen LogP contribution in [0.1, 0.15) is 180 Å². The number of likely N-dealkylation sites (tertiary alicyclic amines) is 1. The number of β-amino-alcohol motifs (C(OH)–C–C–N with tert-alkyl or cyclic N) is 1. The highest BCUT2D eigenvalue weighted by atomic mass is 127. The maximum atomic E-state index is 15.2. The number of Topliss-reactive ketones (excluding diaryl/α,β-unsaturated/α-hetero) is 4. The quantitative estimate of drug-likeness (QED) is 0.00698. The number of nitrogens with zero attached hydrogens (tertiary/aromatic N) is 7. The number of anilines is 2. The summed E-state index contributed by atoms with van der Waals surface area (Å²) in [6.45, 7) is 13.8. The minimum atomic E-state index is -1.33. The number of nitrogens with one attached hydrogen (secondary N) is 3. The topological polar surface area (TPSA) is 330 Å².